The van der Waals surface area contributed by atoms with E-state index in [-0.39, 0.29) is 16.8 Å². The van der Waals surface area contributed by atoms with Crippen LogP contribution in [-0.4, -0.2) is 18.5 Å². The van der Waals surface area contributed by atoms with Gasteiger partial charge in [-0.25, -0.2) is 0 Å². The largest absolute Gasteiger partial charge is 3.00 e. The Kier molecular flexibility index (Phi) is 39.0. The molecule has 0 N–H and O–H groups in total. The minimum absolute atomic E-state index is 0. The normalized spacial score (nSPS) is 14.2. The summed E-state index contributed by atoms with van der Waals surface area (Å²) in [7, 11) is -6.49. The molecule has 0 aliphatic rings. The van der Waals surface area contributed by atoms with Crippen molar-refractivity contribution in [2.24, 2.45) is 17.8 Å². The van der Waals surface area contributed by atoms with E-state index in [9.17, 15) is 28.4 Å². The smallest absolute Gasteiger partial charge is 0.596 e. The van der Waals surface area contributed by atoms with Crippen LogP contribution in [0.2, 0.25) is 0 Å². The number of unbranched alkanes of at least 4 members (excludes halogenated alkanes) is 3. The topological polar surface area (TPSA) is 120 Å². The molecule has 0 amide bonds. The Labute approximate surface area is 223 Å². The molecule has 6 unspecified atom stereocenters. The Morgan fingerprint density at radius 2 is 0.706 bits per heavy atom. The monoisotopic (exact) mass is 587 g/mol. The summed E-state index contributed by atoms with van der Waals surface area (Å²) in [6.07, 6.45) is 14.2. The zero-order valence-corrected chi connectivity index (χ0v) is 26.2. The van der Waals surface area contributed by atoms with Crippen molar-refractivity contribution in [2.45, 2.75) is 119 Å². The molecular weight excluding hydrogens is 536 g/mol. The minimum atomic E-state index is -2.16. The van der Waals surface area contributed by atoms with Crippen LogP contribution in [0.3, 0.4) is 0 Å². The molecule has 6 nitrogen and oxygen atoms in total. The van der Waals surface area contributed by atoms with E-state index in [1.807, 2.05) is 0 Å². The summed E-state index contributed by atoms with van der Waals surface area (Å²) in [5.74, 6) is 1.20. The molecule has 0 aliphatic carbocycles. The van der Waals surface area contributed by atoms with Gasteiger partial charge in [0.05, 0.1) is 0 Å². The maximum atomic E-state index is 10.4. The van der Waals surface area contributed by atoms with Crippen LogP contribution in [0.15, 0.2) is 0 Å². The molecular formula is C24H51CoO6P3+3. The summed E-state index contributed by atoms with van der Waals surface area (Å²) >= 11 is 0. The van der Waals surface area contributed by atoms with Crippen LogP contribution in [-0.2, 0) is 30.5 Å². The zero-order chi connectivity index (χ0) is 26.1. The van der Waals surface area contributed by atoms with Crippen LogP contribution in [0.25, 0.3) is 0 Å². The van der Waals surface area contributed by atoms with Gasteiger partial charge in [-0.2, -0.15) is 0 Å². The molecule has 0 bridgehead atoms. The molecule has 0 aromatic heterocycles. The first-order chi connectivity index (χ1) is 15.6. The number of rotatable bonds is 18. The molecule has 0 saturated heterocycles. The van der Waals surface area contributed by atoms with Gasteiger partial charge >= 0.3 is 40.9 Å². The Hall–Kier alpha value is 0.686. The van der Waals surface area contributed by atoms with Gasteiger partial charge in [0.1, 0.15) is 18.5 Å². The fourth-order valence-electron chi connectivity index (χ4n) is 3.38. The van der Waals surface area contributed by atoms with Gasteiger partial charge in [0, 0.05) is 17.8 Å². The van der Waals surface area contributed by atoms with Crippen molar-refractivity contribution < 1.29 is 45.2 Å². The van der Waals surface area contributed by atoms with Crippen molar-refractivity contribution in [3.63, 3.8) is 0 Å². The molecule has 0 fully saturated rings. The summed E-state index contributed by atoms with van der Waals surface area (Å²) in [4.78, 5) is 31.1. The summed E-state index contributed by atoms with van der Waals surface area (Å²) in [5.41, 5.74) is 0. The molecule has 6 atom stereocenters. The van der Waals surface area contributed by atoms with Gasteiger partial charge < -0.3 is 14.7 Å². The summed E-state index contributed by atoms with van der Waals surface area (Å²) in [6.45, 7) is 12.6. The van der Waals surface area contributed by atoms with E-state index in [0.29, 0.717) is 36.2 Å². The van der Waals surface area contributed by atoms with Crippen LogP contribution in [0, 0.1) is 17.8 Å². The zero-order valence-electron chi connectivity index (χ0n) is 22.5. The molecule has 0 aromatic rings. The Balaban J connectivity index is -0.000000196. The summed E-state index contributed by atoms with van der Waals surface area (Å²) in [6, 6.07) is 0. The van der Waals surface area contributed by atoms with Crippen LogP contribution in [0.5, 0.6) is 0 Å². The van der Waals surface area contributed by atoms with Gasteiger partial charge in [-0.3, -0.25) is 0 Å². The van der Waals surface area contributed by atoms with Gasteiger partial charge in [-0.15, -0.1) is 0 Å². The quantitative estimate of drug-likeness (QED) is 0.161. The second-order valence-corrected chi connectivity index (χ2v) is 11.9. The molecule has 10 heteroatoms. The van der Waals surface area contributed by atoms with E-state index in [0.717, 1.165) is 77.0 Å². The Morgan fingerprint density at radius 1 is 0.500 bits per heavy atom. The van der Waals surface area contributed by atoms with Gasteiger partial charge in [0.25, 0.3) is 0 Å². The molecule has 0 aliphatic heterocycles. The van der Waals surface area contributed by atoms with Crippen LogP contribution < -0.4 is 14.7 Å². The van der Waals surface area contributed by atoms with E-state index in [4.69, 9.17) is 0 Å². The third-order valence-electron chi connectivity index (χ3n) is 5.85. The molecule has 0 rings (SSSR count). The van der Waals surface area contributed by atoms with Crippen molar-refractivity contribution >= 4 is 24.1 Å². The summed E-state index contributed by atoms with van der Waals surface area (Å²) in [5, 5.41) is 0. The van der Waals surface area contributed by atoms with Crippen molar-refractivity contribution in [1.29, 1.82) is 0 Å². The predicted molar refractivity (Wildman–Crippen MR) is 137 cm³/mol. The van der Waals surface area contributed by atoms with E-state index < -0.39 is 24.1 Å². The second-order valence-electron chi connectivity index (χ2n) is 8.80. The van der Waals surface area contributed by atoms with Crippen LogP contribution in [0.4, 0.5) is 0 Å². The molecule has 204 valence electrons. The maximum absolute atomic E-state index is 10.4. The first-order valence-electron chi connectivity index (χ1n) is 13.0. The van der Waals surface area contributed by atoms with Crippen LogP contribution in [0.1, 0.15) is 119 Å². The molecule has 0 aromatic carbocycles. The summed E-state index contributed by atoms with van der Waals surface area (Å²) < 4.78 is 31.1. The van der Waals surface area contributed by atoms with Crippen LogP contribution >= 0.6 is 24.1 Å². The number of hydrogen-bond donors (Lipinski definition) is 0. The minimum Gasteiger partial charge on any atom is -0.596 e. The van der Waals surface area contributed by atoms with E-state index in [2.05, 4.69) is 41.5 Å². The van der Waals surface area contributed by atoms with Gasteiger partial charge in [0.2, 0.25) is 0 Å². The first-order valence-corrected chi connectivity index (χ1v) is 17.0. The molecule has 0 heterocycles. The SMILES string of the molecule is CCCCC(CC)C[P+](=O)[O-].CCCCC(CC)C[P+](=O)[O-].CCCCC(CC)C[P+](=O)[O-].[Co+3]. The fourth-order valence-corrected chi connectivity index (χ4v) is 5.97. The van der Waals surface area contributed by atoms with E-state index in [1.54, 1.807) is 0 Å². The van der Waals surface area contributed by atoms with Crippen molar-refractivity contribution in [2.75, 3.05) is 18.5 Å². The number of hydrogen-bond acceptors (Lipinski definition) is 6. The van der Waals surface area contributed by atoms with Crippen molar-refractivity contribution in [3.05, 3.63) is 0 Å². The first kappa shape index (κ1) is 41.8. The average Bonchev–Trinajstić information content (AvgIpc) is 2.77. The molecule has 0 spiro atoms. The third-order valence-corrected chi connectivity index (χ3v) is 8.30. The van der Waals surface area contributed by atoms with Crippen molar-refractivity contribution in [3.8, 4) is 0 Å². The fraction of sp³-hybridized carbons (Fsp3) is 1.00. The molecule has 0 saturated carbocycles. The Bertz CT molecular complexity index is 417. The van der Waals surface area contributed by atoms with E-state index >= 15 is 0 Å². The average molecular weight is 588 g/mol. The van der Waals surface area contributed by atoms with Gasteiger partial charge in [-0.05, 0) is 38.5 Å². The predicted octanol–water partition coefficient (Wildman–Crippen LogP) is 6.91. The molecule has 0 radical (unpaired) electrons. The Morgan fingerprint density at radius 3 is 0.824 bits per heavy atom. The molecule has 34 heavy (non-hydrogen) atoms. The van der Waals surface area contributed by atoms with Crippen molar-refractivity contribution in [1.82, 2.24) is 0 Å². The second kappa shape index (κ2) is 31.7. The standard InChI is InChI=1S/3C8H17O2P.Co/c3*1-3-5-6-8(4-2)7-11(9)10;/h3*8H,3-7H2,1-2H3;/q;;;+3. The van der Waals surface area contributed by atoms with Gasteiger partial charge in [0.15, 0.2) is 0 Å². The van der Waals surface area contributed by atoms with Gasteiger partial charge in [-0.1, -0.05) is 93.8 Å². The third kappa shape index (κ3) is 34.9. The van der Waals surface area contributed by atoms with E-state index in [1.165, 1.54) is 0 Å². The maximum Gasteiger partial charge on any atom is 3.00 e.